The highest BCUT2D eigenvalue weighted by Crippen LogP contribution is 2.21. The van der Waals surface area contributed by atoms with Crippen LogP contribution in [0.2, 0.25) is 0 Å². The quantitative estimate of drug-likeness (QED) is 0.762. The van der Waals surface area contributed by atoms with Gasteiger partial charge in [-0.1, -0.05) is 13.8 Å². The lowest BCUT2D eigenvalue weighted by molar-refractivity contribution is 0.139. The molecule has 1 aliphatic heterocycles. The number of hydrogen-bond donors (Lipinski definition) is 1. The van der Waals surface area contributed by atoms with Crippen molar-refractivity contribution in [1.82, 2.24) is 4.90 Å². The molecule has 0 saturated carbocycles. The Morgan fingerprint density at radius 3 is 2.62 bits per heavy atom. The van der Waals surface area contributed by atoms with E-state index < -0.39 is 9.84 Å². The lowest BCUT2D eigenvalue weighted by Gasteiger charge is -2.36. The summed E-state index contributed by atoms with van der Waals surface area (Å²) in [6, 6.07) is 0. The molecule has 1 fully saturated rings. The van der Waals surface area contributed by atoms with Crippen molar-refractivity contribution < 1.29 is 8.42 Å². The van der Waals surface area contributed by atoms with E-state index >= 15 is 0 Å². The van der Waals surface area contributed by atoms with Crippen molar-refractivity contribution in [3.8, 4) is 0 Å². The maximum atomic E-state index is 11.4. The van der Waals surface area contributed by atoms with Gasteiger partial charge in [-0.05, 0) is 31.3 Å². The number of sulfone groups is 1. The number of piperidine rings is 1. The number of nitrogens with two attached hydrogens (primary N) is 1. The minimum Gasteiger partial charge on any atom is -0.330 e. The molecule has 1 rings (SSSR count). The van der Waals surface area contributed by atoms with Crippen LogP contribution in [0.1, 0.15) is 20.3 Å². The van der Waals surface area contributed by atoms with Crippen LogP contribution >= 0.6 is 0 Å². The van der Waals surface area contributed by atoms with E-state index in [2.05, 4.69) is 11.8 Å². The van der Waals surface area contributed by atoms with Crippen LogP contribution < -0.4 is 5.73 Å². The first-order chi connectivity index (χ1) is 7.48. The Bertz CT molecular complexity index is 303. The van der Waals surface area contributed by atoms with Gasteiger partial charge in [0.05, 0.1) is 5.75 Å². The summed E-state index contributed by atoms with van der Waals surface area (Å²) < 4.78 is 22.8. The topological polar surface area (TPSA) is 63.4 Å². The van der Waals surface area contributed by atoms with E-state index in [1.807, 2.05) is 0 Å². The zero-order valence-corrected chi connectivity index (χ0v) is 11.2. The van der Waals surface area contributed by atoms with E-state index in [1.165, 1.54) is 0 Å². The molecule has 0 spiro atoms. The smallest absolute Gasteiger partial charge is 0.151 e. The molecule has 0 aromatic heterocycles. The second-order valence-corrected chi connectivity index (χ2v) is 7.27. The van der Waals surface area contributed by atoms with Gasteiger partial charge in [-0.25, -0.2) is 8.42 Å². The summed E-state index contributed by atoms with van der Waals surface area (Å²) in [6.07, 6.45) is 1.10. The minimum absolute atomic E-state index is 0.252. The van der Waals surface area contributed by atoms with Crippen molar-refractivity contribution in [2.75, 3.05) is 37.7 Å². The highest BCUT2D eigenvalue weighted by atomic mass is 32.2. The molecule has 96 valence electrons. The monoisotopic (exact) mass is 248 g/mol. The number of hydrogen-bond acceptors (Lipinski definition) is 4. The predicted molar refractivity (Wildman–Crippen MR) is 67.1 cm³/mol. The third kappa shape index (κ3) is 4.03. The van der Waals surface area contributed by atoms with Gasteiger partial charge in [-0.3, -0.25) is 0 Å². The summed E-state index contributed by atoms with van der Waals surface area (Å²) in [5, 5.41) is 0. The fraction of sp³-hybridized carbons (Fsp3) is 1.00. The fourth-order valence-corrected chi connectivity index (χ4v) is 3.07. The van der Waals surface area contributed by atoms with Gasteiger partial charge in [-0.2, -0.15) is 0 Å². The zero-order chi connectivity index (χ0) is 12.2. The zero-order valence-electron chi connectivity index (χ0n) is 10.4. The summed E-state index contributed by atoms with van der Waals surface area (Å²) in [4.78, 5) is 2.25. The Kier molecular flexibility index (Phi) is 5.21. The predicted octanol–water partition coefficient (Wildman–Crippen LogP) is 0.338. The van der Waals surface area contributed by atoms with Gasteiger partial charge in [0.1, 0.15) is 0 Å². The van der Waals surface area contributed by atoms with Crippen LogP contribution in [0.15, 0.2) is 0 Å². The Balaban J connectivity index is 2.36. The van der Waals surface area contributed by atoms with E-state index in [0.29, 0.717) is 24.1 Å². The second-order valence-electron chi connectivity index (χ2n) is 4.80. The minimum atomic E-state index is -2.82. The standard InChI is InChI=1S/C11H24N2O2S/c1-3-16(14,15)7-6-13-5-4-11(8-12)10(2)9-13/h10-11H,3-9,12H2,1-2H3. The second kappa shape index (κ2) is 5.98. The van der Waals surface area contributed by atoms with E-state index in [-0.39, 0.29) is 5.75 Å². The molecule has 1 heterocycles. The molecule has 2 N–H and O–H groups in total. The van der Waals surface area contributed by atoms with Crippen LogP contribution in [-0.2, 0) is 9.84 Å². The lowest BCUT2D eigenvalue weighted by atomic mass is 9.87. The van der Waals surface area contributed by atoms with Crippen LogP contribution in [0.25, 0.3) is 0 Å². The SMILES string of the molecule is CCS(=O)(=O)CCN1CCC(CN)C(C)C1. The van der Waals surface area contributed by atoms with E-state index in [0.717, 1.165) is 26.1 Å². The van der Waals surface area contributed by atoms with Crippen molar-refractivity contribution in [1.29, 1.82) is 0 Å². The maximum Gasteiger partial charge on any atom is 0.151 e. The molecule has 5 heteroatoms. The van der Waals surface area contributed by atoms with E-state index in [1.54, 1.807) is 6.92 Å². The number of likely N-dealkylation sites (tertiary alicyclic amines) is 1. The molecule has 4 nitrogen and oxygen atoms in total. The maximum absolute atomic E-state index is 11.4. The number of nitrogens with zero attached hydrogens (tertiary/aromatic N) is 1. The van der Waals surface area contributed by atoms with Crippen molar-refractivity contribution >= 4 is 9.84 Å². The number of rotatable bonds is 5. The molecule has 2 unspecified atom stereocenters. The van der Waals surface area contributed by atoms with Gasteiger partial charge >= 0.3 is 0 Å². The Morgan fingerprint density at radius 2 is 2.12 bits per heavy atom. The van der Waals surface area contributed by atoms with Gasteiger partial charge in [0.2, 0.25) is 0 Å². The van der Waals surface area contributed by atoms with Gasteiger partial charge in [0.15, 0.2) is 9.84 Å². The summed E-state index contributed by atoms with van der Waals surface area (Å²) >= 11 is 0. The molecule has 0 aliphatic carbocycles. The summed E-state index contributed by atoms with van der Waals surface area (Å²) in [5.41, 5.74) is 5.69. The molecule has 1 saturated heterocycles. The first-order valence-corrected chi connectivity index (χ1v) is 7.93. The molecular weight excluding hydrogens is 224 g/mol. The first-order valence-electron chi connectivity index (χ1n) is 6.11. The molecule has 0 aromatic carbocycles. The molecule has 0 bridgehead atoms. The van der Waals surface area contributed by atoms with Crippen LogP contribution in [0.4, 0.5) is 0 Å². The average Bonchev–Trinajstić information content (AvgIpc) is 2.27. The molecule has 0 amide bonds. The van der Waals surface area contributed by atoms with Crippen LogP contribution in [-0.4, -0.2) is 51.0 Å². The van der Waals surface area contributed by atoms with Crippen LogP contribution in [0, 0.1) is 11.8 Å². The van der Waals surface area contributed by atoms with Crippen LogP contribution in [0.5, 0.6) is 0 Å². The highest BCUT2D eigenvalue weighted by Gasteiger charge is 2.25. The summed E-state index contributed by atoms with van der Waals surface area (Å²) in [5.74, 6) is 1.74. The molecule has 0 aromatic rings. The summed E-state index contributed by atoms with van der Waals surface area (Å²) in [7, 11) is -2.82. The van der Waals surface area contributed by atoms with Gasteiger partial charge in [-0.15, -0.1) is 0 Å². The average molecular weight is 248 g/mol. The van der Waals surface area contributed by atoms with Crippen molar-refractivity contribution in [3.05, 3.63) is 0 Å². The molecule has 2 atom stereocenters. The molecular formula is C11H24N2O2S. The highest BCUT2D eigenvalue weighted by molar-refractivity contribution is 7.91. The van der Waals surface area contributed by atoms with Gasteiger partial charge in [0, 0.05) is 18.8 Å². The Morgan fingerprint density at radius 1 is 1.44 bits per heavy atom. The van der Waals surface area contributed by atoms with E-state index in [9.17, 15) is 8.42 Å². The molecule has 1 aliphatic rings. The van der Waals surface area contributed by atoms with E-state index in [4.69, 9.17) is 5.73 Å². The summed E-state index contributed by atoms with van der Waals surface area (Å²) in [6.45, 7) is 7.32. The third-order valence-corrected chi connectivity index (χ3v) is 5.31. The molecule has 16 heavy (non-hydrogen) atoms. The van der Waals surface area contributed by atoms with Gasteiger partial charge in [0.25, 0.3) is 0 Å². The van der Waals surface area contributed by atoms with Crippen LogP contribution in [0.3, 0.4) is 0 Å². The largest absolute Gasteiger partial charge is 0.330 e. The van der Waals surface area contributed by atoms with Crippen molar-refractivity contribution in [2.45, 2.75) is 20.3 Å². The Hall–Kier alpha value is -0.130. The molecule has 0 radical (unpaired) electrons. The van der Waals surface area contributed by atoms with Gasteiger partial charge < -0.3 is 10.6 Å². The van der Waals surface area contributed by atoms with Crippen molar-refractivity contribution in [2.24, 2.45) is 17.6 Å². The third-order valence-electron chi connectivity index (χ3n) is 3.63. The van der Waals surface area contributed by atoms with Crippen molar-refractivity contribution in [3.63, 3.8) is 0 Å². The first kappa shape index (κ1) is 13.9. The normalized spacial score (nSPS) is 28.2. The lowest BCUT2D eigenvalue weighted by Crippen LogP contribution is -2.43. The fourth-order valence-electron chi connectivity index (χ4n) is 2.25. The Labute approximate surface area is 99.1 Å².